The SMILES string of the molecule is C=C(C)C(=O)Oc1ccc(C=O)c(O)c1. The third-order valence-electron chi connectivity index (χ3n) is 1.69. The van der Waals surface area contributed by atoms with Crippen LogP contribution in [0.15, 0.2) is 30.4 Å². The van der Waals surface area contributed by atoms with Crippen molar-refractivity contribution in [3.8, 4) is 11.5 Å². The molecule has 78 valence electrons. The highest BCUT2D eigenvalue weighted by molar-refractivity contribution is 5.89. The monoisotopic (exact) mass is 206 g/mol. The molecule has 0 heterocycles. The van der Waals surface area contributed by atoms with Gasteiger partial charge in [-0.3, -0.25) is 4.79 Å². The Kier molecular flexibility index (Phi) is 3.23. The van der Waals surface area contributed by atoms with Crippen molar-refractivity contribution in [2.24, 2.45) is 0 Å². The van der Waals surface area contributed by atoms with E-state index in [0.29, 0.717) is 6.29 Å². The van der Waals surface area contributed by atoms with Gasteiger partial charge in [-0.05, 0) is 19.1 Å². The van der Waals surface area contributed by atoms with E-state index in [9.17, 15) is 14.7 Å². The molecule has 0 saturated carbocycles. The van der Waals surface area contributed by atoms with Crippen molar-refractivity contribution < 1.29 is 19.4 Å². The summed E-state index contributed by atoms with van der Waals surface area (Å²) in [5.74, 6) is -0.628. The van der Waals surface area contributed by atoms with Gasteiger partial charge in [-0.2, -0.15) is 0 Å². The minimum atomic E-state index is -0.576. The largest absolute Gasteiger partial charge is 0.507 e. The zero-order valence-electron chi connectivity index (χ0n) is 8.19. The van der Waals surface area contributed by atoms with Gasteiger partial charge in [0.25, 0.3) is 0 Å². The van der Waals surface area contributed by atoms with Crippen LogP contribution in [0.3, 0.4) is 0 Å². The van der Waals surface area contributed by atoms with E-state index >= 15 is 0 Å². The van der Waals surface area contributed by atoms with Crippen LogP contribution in [0.2, 0.25) is 0 Å². The second-order valence-corrected chi connectivity index (χ2v) is 3.01. The molecule has 4 nitrogen and oxygen atoms in total. The Morgan fingerprint density at radius 3 is 2.67 bits per heavy atom. The molecule has 0 aliphatic heterocycles. The maximum Gasteiger partial charge on any atom is 0.338 e. The Morgan fingerprint density at radius 1 is 1.53 bits per heavy atom. The van der Waals surface area contributed by atoms with E-state index in [-0.39, 0.29) is 22.6 Å². The van der Waals surface area contributed by atoms with Gasteiger partial charge in [0.05, 0.1) is 5.56 Å². The standard InChI is InChI=1S/C11H10O4/c1-7(2)11(14)15-9-4-3-8(6-12)10(13)5-9/h3-6,13H,1H2,2H3. The molecule has 0 fully saturated rings. The summed E-state index contributed by atoms with van der Waals surface area (Å²) in [6.45, 7) is 4.93. The number of phenolic OH excluding ortho intramolecular Hbond substituents is 1. The van der Waals surface area contributed by atoms with Crippen molar-refractivity contribution in [3.05, 3.63) is 35.9 Å². The van der Waals surface area contributed by atoms with Crippen molar-refractivity contribution in [1.82, 2.24) is 0 Å². The molecule has 0 unspecified atom stereocenters. The lowest BCUT2D eigenvalue weighted by molar-refractivity contribution is -0.130. The van der Waals surface area contributed by atoms with Gasteiger partial charge in [0, 0.05) is 11.6 Å². The fourth-order valence-electron chi connectivity index (χ4n) is 0.881. The molecule has 0 saturated heterocycles. The third-order valence-corrected chi connectivity index (χ3v) is 1.69. The molecule has 1 aromatic carbocycles. The highest BCUT2D eigenvalue weighted by atomic mass is 16.5. The van der Waals surface area contributed by atoms with Crippen LogP contribution in [0.4, 0.5) is 0 Å². The van der Waals surface area contributed by atoms with Crippen molar-refractivity contribution in [3.63, 3.8) is 0 Å². The maximum absolute atomic E-state index is 11.1. The molecule has 15 heavy (non-hydrogen) atoms. The van der Waals surface area contributed by atoms with Crippen LogP contribution < -0.4 is 4.74 Å². The number of hydrogen-bond acceptors (Lipinski definition) is 4. The molecule has 0 spiro atoms. The van der Waals surface area contributed by atoms with Crippen LogP contribution >= 0.6 is 0 Å². The van der Waals surface area contributed by atoms with Crippen LogP contribution in [-0.4, -0.2) is 17.4 Å². The highest BCUT2D eigenvalue weighted by Crippen LogP contribution is 2.22. The molecule has 0 bridgehead atoms. The number of carbonyl (C=O) groups excluding carboxylic acids is 2. The van der Waals surface area contributed by atoms with Crippen molar-refractivity contribution in [2.75, 3.05) is 0 Å². The second-order valence-electron chi connectivity index (χ2n) is 3.01. The molecule has 1 aromatic rings. The van der Waals surface area contributed by atoms with Crippen molar-refractivity contribution >= 4 is 12.3 Å². The first kappa shape index (κ1) is 11.0. The van der Waals surface area contributed by atoms with E-state index < -0.39 is 5.97 Å². The molecular weight excluding hydrogens is 196 g/mol. The molecule has 0 aromatic heterocycles. The lowest BCUT2D eigenvalue weighted by Crippen LogP contribution is -2.08. The van der Waals surface area contributed by atoms with Gasteiger partial charge in [0.2, 0.25) is 0 Å². The van der Waals surface area contributed by atoms with Crippen LogP contribution in [0.1, 0.15) is 17.3 Å². The van der Waals surface area contributed by atoms with Gasteiger partial charge >= 0.3 is 5.97 Å². The summed E-state index contributed by atoms with van der Waals surface area (Å²) in [6.07, 6.45) is 0.514. The summed E-state index contributed by atoms with van der Waals surface area (Å²) in [6, 6.07) is 3.98. The minimum absolute atomic E-state index is 0.144. The fraction of sp³-hybridized carbons (Fsp3) is 0.0909. The van der Waals surface area contributed by atoms with Crippen LogP contribution in [0, 0.1) is 0 Å². The number of carbonyl (C=O) groups is 2. The molecule has 1 rings (SSSR count). The summed E-state index contributed by atoms with van der Waals surface area (Å²) >= 11 is 0. The lowest BCUT2D eigenvalue weighted by atomic mass is 10.2. The first-order chi connectivity index (χ1) is 7.04. The molecule has 4 heteroatoms. The summed E-state index contributed by atoms with van der Waals surface area (Å²) in [7, 11) is 0. The highest BCUT2D eigenvalue weighted by Gasteiger charge is 2.07. The first-order valence-electron chi connectivity index (χ1n) is 4.20. The number of aromatic hydroxyl groups is 1. The van der Waals surface area contributed by atoms with Gasteiger partial charge in [-0.1, -0.05) is 6.58 Å². The number of aldehydes is 1. The Labute approximate surface area is 86.8 Å². The smallest absolute Gasteiger partial charge is 0.338 e. The van der Waals surface area contributed by atoms with Crippen LogP contribution in [0.5, 0.6) is 11.5 Å². The lowest BCUT2D eigenvalue weighted by Gasteiger charge is -2.04. The summed E-state index contributed by atoms with van der Waals surface area (Å²) in [4.78, 5) is 21.5. The van der Waals surface area contributed by atoms with E-state index in [1.54, 1.807) is 0 Å². The average molecular weight is 206 g/mol. The minimum Gasteiger partial charge on any atom is -0.507 e. The van der Waals surface area contributed by atoms with Gasteiger partial charge in [0.1, 0.15) is 11.5 Å². The Hall–Kier alpha value is -2.10. The third kappa shape index (κ3) is 2.67. The zero-order valence-corrected chi connectivity index (χ0v) is 8.19. The Morgan fingerprint density at radius 2 is 2.20 bits per heavy atom. The van der Waals surface area contributed by atoms with E-state index in [0.717, 1.165) is 0 Å². The maximum atomic E-state index is 11.1. The van der Waals surface area contributed by atoms with E-state index in [1.165, 1.54) is 25.1 Å². The number of phenols is 1. The molecular formula is C11H10O4. The van der Waals surface area contributed by atoms with Gasteiger partial charge < -0.3 is 9.84 Å². The average Bonchev–Trinajstić information content (AvgIpc) is 2.18. The predicted octanol–water partition coefficient (Wildman–Crippen LogP) is 1.69. The fourth-order valence-corrected chi connectivity index (χ4v) is 0.881. The van der Waals surface area contributed by atoms with Crippen molar-refractivity contribution in [2.45, 2.75) is 6.92 Å². The second kappa shape index (κ2) is 4.41. The molecule has 0 radical (unpaired) electrons. The Bertz CT molecular complexity index is 421. The zero-order chi connectivity index (χ0) is 11.4. The first-order valence-corrected chi connectivity index (χ1v) is 4.20. The quantitative estimate of drug-likeness (QED) is 0.354. The number of hydrogen-bond donors (Lipinski definition) is 1. The van der Waals surface area contributed by atoms with Crippen LogP contribution in [0.25, 0.3) is 0 Å². The Balaban J connectivity index is 2.89. The van der Waals surface area contributed by atoms with E-state index in [2.05, 4.69) is 6.58 Å². The number of rotatable bonds is 3. The molecule has 0 atom stereocenters. The van der Waals surface area contributed by atoms with E-state index in [4.69, 9.17) is 4.74 Å². The normalized spacial score (nSPS) is 9.40. The molecule has 0 amide bonds. The van der Waals surface area contributed by atoms with Gasteiger partial charge in [-0.15, -0.1) is 0 Å². The van der Waals surface area contributed by atoms with E-state index in [1.807, 2.05) is 0 Å². The van der Waals surface area contributed by atoms with Gasteiger partial charge in [0.15, 0.2) is 6.29 Å². The summed E-state index contributed by atoms with van der Waals surface area (Å²) in [5.41, 5.74) is 0.402. The van der Waals surface area contributed by atoms with Crippen LogP contribution in [-0.2, 0) is 4.79 Å². The summed E-state index contributed by atoms with van der Waals surface area (Å²) < 4.78 is 4.84. The topological polar surface area (TPSA) is 63.6 Å². The molecule has 0 aliphatic carbocycles. The number of benzene rings is 1. The van der Waals surface area contributed by atoms with Gasteiger partial charge in [-0.25, -0.2) is 4.79 Å². The number of esters is 1. The summed E-state index contributed by atoms with van der Waals surface area (Å²) in [5, 5.41) is 9.30. The van der Waals surface area contributed by atoms with Crippen molar-refractivity contribution in [1.29, 1.82) is 0 Å². The molecule has 0 aliphatic rings. The number of ether oxygens (including phenoxy) is 1. The predicted molar refractivity (Wildman–Crippen MR) is 53.9 cm³/mol. The molecule has 1 N–H and O–H groups in total.